The zero-order valence-electron chi connectivity index (χ0n) is 36.2. The Bertz CT molecular complexity index is 2960. The van der Waals surface area contributed by atoms with Crippen LogP contribution in [0.2, 0.25) is 0 Å². The van der Waals surface area contributed by atoms with Crippen LogP contribution in [0.4, 0.5) is 34.9 Å². The summed E-state index contributed by atoms with van der Waals surface area (Å²) >= 11 is 0. The fraction of sp³-hybridized carbons (Fsp3) is 0.265. The molecule has 0 spiro atoms. The third-order valence-corrected chi connectivity index (χ3v) is 12.0. The lowest BCUT2D eigenvalue weighted by atomic mass is 9.91. The van der Waals surface area contributed by atoms with Crippen molar-refractivity contribution in [2.75, 3.05) is 21.3 Å². The molecule has 2 fully saturated rings. The van der Waals surface area contributed by atoms with Crippen LogP contribution in [0.3, 0.4) is 0 Å². The van der Waals surface area contributed by atoms with Gasteiger partial charge in [-0.15, -0.1) is 0 Å². The molecule has 10 rings (SSSR count). The van der Waals surface area contributed by atoms with Crippen molar-refractivity contribution < 1.29 is 9.59 Å². The highest BCUT2D eigenvalue weighted by Gasteiger charge is 2.25. The van der Waals surface area contributed by atoms with E-state index in [1.165, 1.54) is 12.4 Å². The molecule has 0 saturated heterocycles. The first-order chi connectivity index (χ1) is 32.1. The number of para-hydroxylation sites is 1. The number of carbonyl (C=O) groups excluding carboxylic acids is 2. The molecule has 344 valence electrons. The number of nitrogens with one attached hydrogen (secondary N) is 4. The molecule has 4 aromatic carbocycles. The molecule has 2 saturated carbocycles. The second kappa shape index (κ2) is 20.5. The van der Waals surface area contributed by atoms with Crippen LogP contribution in [0.5, 0.6) is 0 Å². The van der Waals surface area contributed by atoms with E-state index in [0.29, 0.717) is 23.5 Å². The van der Waals surface area contributed by atoms with Crippen LogP contribution in [0, 0.1) is 0 Å². The van der Waals surface area contributed by atoms with Crippen molar-refractivity contribution in [1.29, 1.82) is 0 Å². The van der Waals surface area contributed by atoms with Gasteiger partial charge in [0, 0.05) is 64.9 Å². The van der Waals surface area contributed by atoms with Gasteiger partial charge in [-0.3, -0.25) is 9.59 Å². The topological polar surface area (TPSA) is 274 Å². The number of nitrogens with zero attached hydrogens (tertiary/aromatic N) is 8. The second-order valence-corrected chi connectivity index (χ2v) is 16.6. The van der Waals surface area contributed by atoms with Crippen LogP contribution < -0.4 is 44.2 Å². The number of carbonyl (C=O) groups is 2. The summed E-state index contributed by atoms with van der Waals surface area (Å²) in [5.41, 5.74) is 29.2. The number of amides is 2. The number of hydrogen-bond donors (Lipinski definition) is 8. The monoisotopic (exact) mass is 900 g/mol. The van der Waals surface area contributed by atoms with Crippen molar-refractivity contribution in [3.63, 3.8) is 0 Å². The molecule has 0 aliphatic heterocycles. The Hall–Kier alpha value is -7.96. The summed E-state index contributed by atoms with van der Waals surface area (Å²) in [6.07, 6.45) is 15.1. The fourth-order valence-electron chi connectivity index (χ4n) is 8.45. The number of nitrogens with two attached hydrogens (primary N) is 4. The molecule has 4 heterocycles. The number of aromatic nitrogens is 8. The largest absolute Gasteiger partial charge is 0.365 e. The van der Waals surface area contributed by atoms with E-state index in [1.54, 1.807) is 0 Å². The van der Waals surface area contributed by atoms with E-state index in [-0.39, 0.29) is 42.7 Å². The van der Waals surface area contributed by atoms with Crippen LogP contribution >= 0.6 is 0 Å². The molecule has 0 bridgehead atoms. The highest BCUT2D eigenvalue weighted by atomic mass is 16.1. The van der Waals surface area contributed by atoms with Crippen LogP contribution in [0.1, 0.15) is 79.5 Å². The van der Waals surface area contributed by atoms with Crippen molar-refractivity contribution in [2.24, 2.45) is 22.9 Å². The predicted molar refractivity (Wildman–Crippen MR) is 264 cm³/mol. The minimum Gasteiger partial charge on any atom is -0.365 e. The zero-order valence-corrected chi connectivity index (χ0v) is 36.2. The summed E-state index contributed by atoms with van der Waals surface area (Å²) in [5, 5.41) is 24.3. The molecule has 2 aliphatic carbocycles. The van der Waals surface area contributed by atoms with Crippen molar-refractivity contribution in [3.8, 4) is 11.4 Å². The molecule has 0 unspecified atom stereocenters. The number of primary amides is 2. The van der Waals surface area contributed by atoms with Gasteiger partial charge >= 0.3 is 0 Å². The minimum absolute atomic E-state index is 0. The van der Waals surface area contributed by atoms with Crippen LogP contribution in [-0.4, -0.2) is 75.5 Å². The summed E-state index contributed by atoms with van der Waals surface area (Å²) in [4.78, 5) is 41.7. The first-order valence-corrected chi connectivity index (χ1v) is 22.2. The summed E-state index contributed by atoms with van der Waals surface area (Å²) in [6.45, 7) is 0. The number of rotatable bonds is 12. The maximum atomic E-state index is 12.0. The van der Waals surface area contributed by atoms with Crippen molar-refractivity contribution >= 4 is 68.5 Å². The average Bonchev–Trinajstić information content (AvgIpc) is 3.97. The van der Waals surface area contributed by atoms with Gasteiger partial charge in [-0.05, 0) is 74.2 Å². The number of fused-ring (bicyclic) bond motifs is 2. The molecular formula is C49H56N16O2. The Morgan fingerprint density at radius 1 is 0.597 bits per heavy atom. The van der Waals surface area contributed by atoms with E-state index in [1.807, 2.05) is 119 Å². The van der Waals surface area contributed by atoms with Gasteiger partial charge in [-0.2, -0.15) is 20.2 Å². The maximum Gasteiger partial charge on any atom is 0.254 e. The van der Waals surface area contributed by atoms with Gasteiger partial charge in [0.2, 0.25) is 11.9 Å². The van der Waals surface area contributed by atoms with E-state index in [4.69, 9.17) is 22.9 Å². The standard InChI is InChI=1S/2C24H26N8O.CH4/c25-19-9-2-3-10-20(19)30-24-27-14-18(22(26)33)23(31-24)29-16-7-5-8-17(12-16)32-21-11-4-1-6-15(21)13-28-32;25-19-9-2-4-11-21(19)29-24-27-13-18(22(26)33)23(30-24)28-16-7-5-8-17(12-16)32-14-15-6-1-3-10-20(15)31-32;/h1,4-8,11-14,19-20H,2-3,9-10,25H2,(H2,26,33)(H2,27,29,30,31);1,3,5-8,10,12-14,19,21H,2,4,9,11,25H2,(H2,26,33)(H2,27,28,29,30);1H4/t19-,20+;19-,21+;/m00./s1. The maximum absolute atomic E-state index is 12.0. The Labute approximate surface area is 388 Å². The van der Waals surface area contributed by atoms with E-state index < -0.39 is 11.8 Å². The van der Waals surface area contributed by atoms with Crippen LogP contribution in [-0.2, 0) is 0 Å². The predicted octanol–water partition coefficient (Wildman–Crippen LogP) is 7.32. The molecule has 4 atom stereocenters. The molecule has 18 heteroatoms. The Kier molecular flexibility index (Phi) is 13.9. The third kappa shape index (κ3) is 10.6. The normalized spacial score (nSPS) is 17.9. The molecule has 18 nitrogen and oxygen atoms in total. The lowest BCUT2D eigenvalue weighted by Crippen LogP contribution is -2.43. The molecule has 2 amide bonds. The van der Waals surface area contributed by atoms with Gasteiger partial charge in [0.05, 0.1) is 28.6 Å². The molecule has 0 radical (unpaired) electrons. The minimum atomic E-state index is -0.604. The average molecular weight is 901 g/mol. The molecular weight excluding hydrogens is 845 g/mol. The van der Waals surface area contributed by atoms with E-state index in [0.717, 1.165) is 95.9 Å². The van der Waals surface area contributed by atoms with Crippen molar-refractivity contribution in [1.82, 2.24) is 39.5 Å². The molecule has 12 N–H and O–H groups in total. The molecule has 8 aromatic rings. The van der Waals surface area contributed by atoms with Crippen molar-refractivity contribution in [3.05, 3.63) is 133 Å². The molecule has 67 heavy (non-hydrogen) atoms. The van der Waals surface area contributed by atoms with Gasteiger partial charge in [-0.25, -0.2) is 19.3 Å². The lowest BCUT2D eigenvalue weighted by Gasteiger charge is -2.29. The summed E-state index contributed by atoms with van der Waals surface area (Å²) < 4.78 is 3.69. The van der Waals surface area contributed by atoms with E-state index >= 15 is 0 Å². The van der Waals surface area contributed by atoms with Gasteiger partial charge < -0.3 is 44.2 Å². The number of anilines is 6. The Morgan fingerprint density at radius 2 is 1.12 bits per heavy atom. The number of hydrogen-bond acceptors (Lipinski definition) is 14. The summed E-state index contributed by atoms with van der Waals surface area (Å²) in [5.74, 6) is 0.304. The van der Waals surface area contributed by atoms with Crippen molar-refractivity contribution in [2.45, 2.75) is 83.0 Å². The van der Waals surface area contributed by atoms with Crippen LogP contribution in [0.15, 0.2) is 122 Å². The first kappa shape index (κ1) is 45.6. The summed E-state index contributed by atoms with van der Waals surface area (Å²) in [6, 6.07) is 31.7. The molecule has 2 aliphatic rings. The SMILES string of the molecule is C.NC(=O)c1cnc(N[C@@H]2CCCC[C@@H]2N)nc1Nc1cccc(-n2cc3ccccc3n2)c1.NC(=O)c1cnc(N[C@@H]2CCCC[C@@H]2N)nc1Nc1cccc(-n2ncc3ccccc32)c1. The smallest absolute Gasteiger partial charge is 0.254 e. The third-order valence-electron chi connectivity index (χ3n) is 12.0. The highest BCUT2D eigenvalue weighted by molar-refractivity contribution is 5.99. The van der Waals surface area contributed by atoms with Gasteiger partial charge in [0.1, 0.15) is 22.8 Å². The van der Waals surface area contributed by atoms with Gasteiger partial charge in [0.15, 0.2) is 0 Å². The van der Waals surface area contributed by atoms with Gasteiger partial charge in [0.25, 0.3) is 11.8 Å². The Morgan fingerprint density at radius 3 is 1.69 bits per heavy atom. The molecule has 4 aromatic heterocycles. The van der Waals surface area contributed by atoms with Crippen LogP contribution in [0.25, 0.3) is 33.2 Å². The Balaban J connectivity index is 0.000000179. The second-order valence-electron chi connectivity index (χ2n) is 16.6. The quantitative estimate of drug-likeness (QED) is 0.0597. The van der Waals surface area contributed by atoms with Gasteiger partial charge in [-0.1, -0.05) is 81.6 Å². The zero-order chi connectivity index (χ0) is 45.6. The fourth-order valence-corrected chi connectivity index (χ4v) is 8.45. The first-order valence-electron chi connectivity index (χ1n) is 22.2. The number of benzene rings is 4. The highest BCUT2D eigenvalue weighted by Crippen LogP contribution is 2.28. The van der Waals surface area contributed by atoms with E-state index in [9.17, 15) is 9.59 Å². The lowest BCUT2D eigenvalue weighted by molar-refractivity contribution is 0.0992. The van der Waals surface area contributed by atoms with E-state index in [2.05, 4.69) is 51.4 Å². The summed E-state index contributed by atoms with van der Waals surface area (Å²) in [7, 11) is 0.